The van der Waals surface area contributed by atoms with Crippen molar-refractivity contribution >= 4 is 11.6 Å². The lowest BCUT2D eigenvalue weighted by atomic mass is 9.83. The molecule has 0 aromatic heterocycles. The van der Waals surface area contributed by atoms with Crippen molar-refractivity contribution in [1.82, 2.24) is 10.7 Å². The van der Waals surface area contributed by atoms with E-state index in [1.54, 1.807) is 30.3 Å². The van der Waals surface area contributed by atoms with Gasteiger partial charge in [0.1, 0.15) is 0 Å². The number of hydrazine groups is 1. The number of rotatable bonds is 6. The molecule has 0 radical (unpaired) electrons. The van der Waals surface area contributed by atoms with Crippen LogP contribution < -0.4 is 16.6 Å². The molecule has 0 bridgehead atoms. The monoisotopic (exact) mass is 323 g/mol. The van der Waals surface area contributed by atoms with Crippen LogP contribution in [0, 0.1) is 0 Å². The van der Waals surface area contributed by atoms with Gasteiger partial charge in [-0.3, -0.25) is 20.9 Å². The van der Waals surface area contributed by atoms with Gasteiger partial charge < -0.3 is 5.32 Å². The number of nitrogens with two attached hydrogens (primary N) is 1. The number of benzene rings is 2. The van der Waals surface area contributed by atoms with E-state index in [9.17, 15) is 9.59 Å². The smallest absolute Gasteiger partial charge is 0.194 e. The summed E-state index contributed by atoms with van der Waals surface area (Å²) < 4.78 is 0. The maximum atomic E-state index is 12.7. The van der Waals surface area contributed by atoms with E-state index in [-0.39, 0.29) is 17.6 Å². The van der Waals surface area contributed by atoms with Crippen LogP contribution in [0.3, 0.4) is 0 Å². The van der Waals surface area contributed by atoms with E-state index in [1.807, 2.05) is 19.1 Å². The Balaban J connectivity index is 1.86. The van der Waals surface area contributed by atoms with Crippen LogP contribution in [0.1, 0.15) is 56.8 Å². The zero-order valence-corrected chi connectivity index (χ0v) is 13.6. The standard InChI is InChI=1S/C19H21N3O2/c1-12(21-9-4-10-22-20)13-7-8-16-17(11-13)19(24)15-6-3-2-5-14(15)18(16)23/h2-3,5-8,11-12,21-22H,4,9-10,20H2,1H3. The Morgan fingerprint density at radius 1 is 0.917 bits per heavy atom. The number of nitrogens with one attached hydrogen (secondary N) is 2. The van der Waals surface area contributed by atoms with Crippen molar-refractivity contribution in [3.05, 3.63) is 70.3 Å². The largest absolute Gasteiger partial charge is 0.310 e. The average molecular weight is 323 g/mol. The predicted octanol–water partition coefficient (Wildman–Crippen LogP) is 1.97. The van der Waals surface area contributed by atoms with Crippen molar-refractivity contribution in [2.75, 3.05) is 13.1 Å². The Morgan fingerprint density at radius 2 is 1.54 bits per heavy atom. The molecule has 124 valence electrons. The van der Waals surface area contributed by atoms with Crippen LogP contribution >= 0.6 is 0 Å². The number of carbonyl (C=O) groups is 2. The predicted molar refractivity (Wildman–Crippen MR) is 93.0 cm³/mol. The minimum absolute atomic E-state index is 0.0819. The van der Waals surface area contributed by atoms with E-state index < -0.39 is 0 Å². The molecule has 0 aliphatic heterocycles. The first-order valence-corrected chi connectivity index (χ1v) is 8.12. The highest BCUT2D eigenvalue weighted by Gasteiger charge is 2.29. The topological polar surface area (TPSA) is 84.2 Å². The molecule has 0 saturated carbocycles. The van der Waals surface area contributed by atoms with E-state index in [1.165, 1.54) is 0 Å². The van der Waals surface area contributed by atoms with Gasteiger partial charge in [-0.25, -0.2) is 0 Å². The molecule has 0 spiro atoms. The first-order valence-electron chi connectivity index (χ1n) is 8.12. The number of hydrogen-bond donors (Lipinski definition) is 3. The lowest BCUT2D eigenvalue weighted by Gasteiger charge is -2.20. The summed E-state index contributed by atoms with van der Waals surface area (Å²) in [6.45, 7) is 3.60. The second-order valence-corrected chi connectivity index (χ2v) is 5.99. The molecule has 1 atom stereocenters. The summed E-state index contributed by atoms with van der Waals surface area (Å²) in [5.74, 6) is 5.09. The summed E-state index contributed by atoms with van der Waals surface area (Å²) in [5, 5.41) is 3.39. The summed E-state index contributed by atoms with van der Waals surface area (Å²) in [4.78, 5) is 25.3. The van der Waals surface area contributed by atoms with Crippen LogP contribution in [0.25, 0.3) is 0 Å². The van der Waals surface area contributed by atoms with Crippen molar-refractivity contribution in [1.29, 1.82) is 0 Å². The maximum absolute atomic E-state index is 12.7. The Kier molecular flexibility index (Phi) is 4.85. The van der Waals surface area contributed by atoms with Crippen LogP contribution in [0.15, 0.2) is 42.5 Å². The van der Waals surface area contributed by atoms with Crippen LogP contribution in [-0.2, 0) is 0 Å². The minimum atomic E-state index is -0.0821. The van der Waals surface area contributed by atoms with E-state index >= 15 is 0 Å². The first kappa shape index (κ1) is 16.5. The summed E-state index contributed by atoms with van der Waals surface area (Å²) in [5.41, 5.74) is 5.57. The molecule has 4 N–H and O–H groups in total. The molecule has 0 heterocycles. The number of hydrogen-bond acceptors (Lipinski definition) is 5. The third-order valence-corrected chi connectivity index (χ3v) is 4.40. The van der Waals surface area contributed by atoms with Gasteiger partial charge in [0, 0.05) is 34.8 Å². The van der Waals surface area contributed by atoms with E-state index in [4.69, 9.17) is 5.84 Å². The highest BCUT2D eigenvalue weighted by atomic mass is 16.1. The Hall–Kier alpha value is -2.34. The lowest BCUT2D eigenvalue weighted by Crippen LogP contribution is -2.28. The zero-order chi connectivity index (χ0) is 17.1. The van der Waals surface area contributed by atoms with Gasteiger partial charge in [-0.15, -0.1) is 0 Å². The van der Waals surface area contributed by atoms with Crippen LogP contribution in [-0.4, -0.2) is 24.7 Å². The molecule has 5 heteroatoms. The molecule has 24 heavy (non-hydrogen) atoms. The summed E-state index contributed by atoms with van der Waals surface area (Å²) >= 11 is 0. The van der Waals surface area contributed by atoms with Gasteiger partial charge in [0.2, 0.25) is 0 Å². The molecule has 1 unspecified atom stereocenters. The molecule has 2 aromatic rings. The van der Waals surface area contributed by atoms with Crippen molar-refractivity contribution in [3.63, 3.8) is 0 Å². The fraction of sp³-hybridized carbons (Fsp3) is 0.263. The van der Waals surface area contributed by atoms with Crippen molar-refractivity contribution < 1.29 is 9.59 Å². The molecule has 0 saturated heterocycles. The fourth-order valence-corrected chi connectivity index (χ4v) is 3.01. The number of fused-ring (bicyclic) bond motifs is 2. The molecule has 1 aliphatic carbocycles. The second kappa shape index (κ2) is 7.05. The van der Waals surface area contributed by atoms with Gasteiger partial charge in [-0.05, 0) is 37.6 Å². The number of carbonyl (C=O) groups excluding carboxylic acids is 2. The zero-order valence-electron chi connectivity index (χ0n) is 13.6. The van der Waals surface area contributed by atoms with Crippen LogP contribution in [0.4, 0.5) is 0 Å². The van der Waals surface area contributed by atoms with Crippen molar-refractivity contribution in [2.24, 2.45) is 5.84 Å². The van der Waals surface area contributed by atoms with Gasteiger partial charge in [0.25, 0.3) is 0 Å². The average Bonchev–Trinajstić information content (AvgIpc) is 2.62. The molecule has 2 aromatic carbocycles. The normalized spacial score (nSPS) is 14.2. The molecule has 0 amide bonds. The SMILES string of the molecule is CC(NCCCNN)c1ccc2c(c1)C(=O)c1ccccc1C2=O. The molecule has 0 fully saturated rings. The number of ketones is 2. The first-order chi connectivity index (χ1) is 11.6. The highest BCUT2D eigenvalue weighted by Crippen LogP contribution is 2.29. The second-order valence-electron chi connectivity index (χ2n) is 5.99. The highest BCUT2D eigenvalue weighted by molar-refractivity contribution is 6.28. The lowest BCUT2D eigenvalue weighted by molar-refractivity contribution is 0.0979. The van der Waals surface area contributed by atoms with Gasteiger partial charge >= 0.3 is 0 Å². The van der Waals surface area contributed by atoms with Crippen molar-refractivity contribution in [3.8, 4) is 0 Å². The summed E-state index contributed by atoms with van der Waals surface area (Å²) in [6.07, 6.45) is 0.913. The minimum Gasteiger partial charge on any atom is -0.310 e. The van der Waals surface area contributed by atoms with E-state index in [0.717, 1.165) is 25.1 Å². The Bertz CT molecular complexity index is 786. The summed E-state index contributed by atoms with van der Waals surface area (Å²) in [6, 6.07) is 12.6. The molecular formula is C19H21N3O2. The quantitative estimate of drug-likeness (QED) is 0.367. The molecule has 3 rings (SSSR count). The molecular weight excluding hydrogens is 302 g/mol. The fourth-order valence-electron chi connectivity index (χ4n) is 3.01. The Labute approximate surface area is 141 Å². The third-order valence-electron chi connectivity index (χ3n) is 4.40. The van der Waals surface area contributed by atoms with Crippen LogP contribution in [0.5, 0.6) is 0 Å². The van der Waals surface area contributed by atoms with Gasteiger partial charge in [-0.1, -0.05) is 30.3 Å². The Morgan fingerprint density at radius 3 is 2.21 bits per heavy atom. The van der Waals surface area contributed by atoms with Crippen molar-refractivity contribution in [2.45, 2.75) is 19.4 Å². The van der Waals surface area contributed by atoms with E-state index in [0.29, 0.717) is 22.3 Å². The van der Waals surface area contributed by atoms with Gasteiger partial charge in [0.05, 0.1) is 0 Å². The maximum Gasteiger partial charge on any atom is 0.194 e. The third kappa shape index (κ3) is 3.01. The summed E-state index contributed by atoms with van der Waals surface area (Å²) in [7, 11) is 0. The van der Waals surface area contributed by atoms with E-state index in [2.05, 4.69) is 10.7 Å². The van der Waals surface area contributed by atoms with Gasteiger partial charge in [-0.2, -0.15) is 0 Å². The van der Waals surface area contributed by atoms with Crippen LogP contribution in [0.2, 0.25) is 0 Å². The molecule has 5 nitrogen and oxygen atoms in total. The van der Waals surface area contributed by atoms with Gasteiger partial charge in [0.15, 0.2) is 11.6 Å². The molecule has 1 aliphatic rings.